The molecule has 6 nitrogen and oxygen atoms in total. The lowest BCUT2D eigenvalue weighted by atomic mass is 9.99. The molecule has 2 aromatic carbocycles. The summed E-state index contributed by atoms with van der Waals surface area (Å²) in [5, 5.41) is 4.27. The van der Waals surface area contributed by atoms with Gasteiger partial charge in [-0.05, 0) is 47.2 Å². The van der Waals surface area contributed by atoms with Crippen molar-refractivity contribution in [2.75, 3.05) is 33.9 Å². The Balaban J connectivity index is 1.24. The first-order chi connectivity index (χ1) is 14.7. The number of methoxy groups -OCH3 is 2. The van der Waals surface area contributed by atoms with Gasteiger partial charge in [-0.3, -0.25) is 9.69 Å². The molecule has 1 N–H and O–H groups in total. The summed E-state index contributed by atoms with van der Waals surface area (Å²) in [4.78, 5) is 14.7. The number of hydrogen-bond acceptors (Lipinski definition) is 4. The van der Waals surface area contributed by atoms with Crippen LogP contribution in [0.3, 0.4) is 0 Å². The average Bonchev–Trinajstić information content (AvgIpc) is 3.19. The first-order valence-electron chi connectivity index (χ1n) is 10.4. The van der Waals surface area contributed by atoms with Crippen LogP contribution in [0.1, 0.15) is 17.5 Å². The van der Waals surface area contributed by atoms with E-state index < -0.39 is 0 Å². The lowest BCUT2D eigenvalue weighted by molar-refractivity contribution is -0.121. The smallest absolute Gasteiger partial charge is 0.221 e. The Bertz CT molecular complexity index is 1030. The monoisotopic (exact) mass is 407 g/mol. The van der Waals surface area contributed by atoms with Crippen molar-refractivity contribution in [1.29, 1.82) is 0 Å². The molecule has 1 aromatic heterocycles. The molecule has 4 rings (SSSR count). The number of amides is 1. The van der Waals surface area contributed by atoms with Gasteiger partial charge in [-0.1, -0.05) is 18.2 Å². The standard InChI is InChI=1S/C24H29N3O3/c1-29-22-15-19-7-11-26(17-20(19)16-23(22)30-2)14-10-25-24(28)9-13-27-12-8-18-5-3-4-6-21(18)27/h3-6,8,12,15-16H,7,9-11,13-14,17H2,1-2H3,(H,25,28). The molecule has 0 fully saturated rings. The molecule has 0 atom stereocenters. The van der Waals surface area contributed by atoms with E-state index >= 15 is 0 Å². The van der Waals surface area contributed by atoms with E-state index in [0.717, 1.165) is 37.6 Å². The minimum atomic E-state index is 0.0941. The number of carbonyl (C=O) groups is 1. The van der Waals surface area contributed by atoms with Gasteiger partial charge in [-0.25, -0.2) is 0 Å². The van der Waals surface area contributed by atoms with E-state index in [1.807, 2.05) is 18.3 Å². The van der Waals surface area contributed by atoms with Crippen LogP contribution in [0.4, 0.5) is 0 Å². The van der Waals surface area contributed by atoms with Crippen LogP contribution in [-0.2, 0) is 24.3 Å². The number of ether oxygens (including phenoxy) is 2. The van der Waals surface area contributed by atoms with Gasteiger partial charge in [0.25, 0.3) is 0 Å². The second-order valence-electron chi connectivity index (χ2n) is 7.67. The van der Waals surface area contributed by atoms with Crippen LogP contribution in [-0.4, -0.2) is 49.2 Å². The summed E-state index contributed by atoms with van der Waals surface area (Å²) in [7, 11) is 3.33. The highest BCUT2D eigenvalue weighted by Crippen LogP contribution is 2.33. The molecule has 0 radical (unpaired) electrons. The van der Waals surface area contributed by atoms with E-state index in [2.05, 4.69) is 45.1 Å². The molecule has 30 heavy (non-hydrogen) atoms. The Morgan fingerprint density at radius 3 is 2.60 bits per heavy atom. The van der Waals surface area contributed by atoms with Gasteiger partial charge in [0.05, 0.1) is 14.2 Å². The topological polar surface area (TPSA) is 55.7 Å². The van der Waals surface area contributed by atoms with Gasteiger partial charge < -0.3 is 19.4 Å². The minimum Gasteiger partial charge on any atom is -0.493 e. The SMILES string of the molecule is COc1cc2c(cc1OC)CN(CCNC(=O)CCn1ccc3ccccc31)CC2. The number of benzene rings is 2. The minimum absolute atomic E-state index is 0.0941. The maximum absolute atomic E-state index is 12.3. The predicted octanol–water partition coefficient (Wildman–Crippen LogP) is 3.22. The third-order valence-corrected chi connectivity index (χ3v) is 5.81. The Labute approximate surface area is 177 Å². The number of carbonyl (C=O) groups excluding carboxylic acids is 1. The molecule has 2 heterocycles. The highest BCUT2D eigenvalue weighted by Gasteiger charge is 2.19. The molecule has 1 amide bonds. The number of nitrogens with zero attached hydrogens (tertiary/aromatic N) is 2. The fourth-order valence-electron chi connectivity index (χ4n) is 4.13. The molecule has 158 valence electrons. The van der Waals surface area contributed by atoms with Crippen LogP contribution in [0.5, 0.6) is 11.5 Å². The number of fused-ring (bicyclic) bond motifs is 2. The van der Waals surface area contributed by atoms with Gasteiger partial charge in [0, 0.05) is 50.9 Å². The maximum atomic E-state index is 12.3. The number of nitrogens with one attached hydrogen (secondary N) is 1. The summed E-state index contributed by atoms with van der Waals surface area (Å²) in [6.45, 7) is 4.03. The van der Waals surface area contributed by atoms with E-state index in [1.165, 1.54) is 22.0 Å². The molecule has 3 aromatic rings. The first kappa shape index (κ1) is 20.3. The summed E-state index contributed by atoms with van der Waals surface area (Å²) >= 11 is 0. The maximum Gasteiger partial charge on any atom is 0.221 e. The fourth-order valence-corrected chi connectivity index (χ4v) is 4.13. The summed E-state index contributed by atoms with van der Waals surface area (Å²) in [6.07, 6.45) is 3.51. The van der Waals surface area contributed by atoms with E-state index in [-0.39, 0.29) is 5.91 Å². The van der Waals surface area contributed by atoms with E-state index in [4.69, 9.17) is 9.47 Å². The van der Waals surface area contributed by atoms with Crippen LogP contribution in [0.25, 0.3) is 10.9 Å². The average molecular weight is 408 g/mol. The fraction of sp³-hybridized carbons (Fsp3) is 0.375. The van der Waals surface area contributed by atoms with E-state index in [9.17, 15) is 4.79 Å². The normalized spacial score (nSPS) is 13.8. The predicted molar refractivity (Wildman–Crippen MR) is 118 cm³/mol. The van der Waals surface area contributed by atoms with Crippen molar-refractivity contribution in [1.82, 2.24) is 14.8 Å². The van der Waals surface area contributed by atoms with E-state index in [1.54, 1.807) is 14.2 Å². The van der Waals surface area contributed by atoms with Gasteiger partial charge >= 0.3 is 0 Å². The van der Waals surface area contributed by atoms with Crippen molar-refractivity contribution in [3.63, 3.8) is 0 Å². The lowest BCUT2D eigenvalue weighted by Gasteiger charge is -2.29. The van der Waals surface area contributed by atoms with Crippen molar-refractivity contribution in [3.8, 4) is 11.5 Å². The molecule has 0 saturated carbocycles. The number of hydrogen-bond donors (Lipinski definition) is 1. The van der Waals surface area contributed by atoms with Crippen LogP contribution >= 0.6 is 0 Å². The highest BCUT2D eigenvalue weighted by atomic mass is 16.5. The summed E-state index contributed by atoms with van der Waals surface area (Å²) in [5.74, 6) is 1.65. The Hall–Kier alpha value is -2.99. The zero-order chi connectivity index (χ0) is 20.9. The molecule has 0 bridgehead atoms. The van der Waals surface area contributed by atoms with Crippen molar-refractivity contribution >= 4 is 16.8 Å². The molecule has 0 saturated heterocycles. The molecule has 6 heteroatoms. The zero-order valence-corrected chi connectivity index (χ0v) is 17.7. The molecule has 1 aliphatic heterocycles. The largest absolute Gasteiger partial charge is 0.493 e. The molecule has 0 aliphatic carbocycles. The second-order valence-corrected chi connectivity index (χ2v) is 7.67. The quantitative estimate of drug-likeness (QED) is 0.623. The van der Waals surface area contributed by atoms with Crippen molar-refractivity contribution in [2.24, 2.45) is 0 Å². The van der Waals surface area contributed by atoms with Crippen molar-refractivity contribution in [3.05, 3.63) is 59.8 Å². The van der Waals surface area contributed by atoms with E-state index in [0.29, 0.717) is 19.5 Å². The second kappa shape index (κ2) is 9.22. The van der Waals surface area contributed by atoms with Crippen molar-refractivity contribution in [2.45, 2.75) is 25.9 Å². The van der Waals surface area contributed by atoms with Gasteiger partial charge in [0.1, 0.15) is 0 Å². The number of para-hydroxylation sites is 1. The van der Waals surface area contributed by atoms with Gasteiger partial charge in [-0.2, -0.15) is 0 Å². The van der Waals surface area contributed by atoms with Gasteiger partial charge in [0.2, 0.25) is 5.91 Å². The van der Waals surface area contributed by atoms with Crippen LogP contribution in [0.2, 0.25) is 0 Å². The third-order valence-electron chi connectivity index (χ3n) is 5.81. The molecule has 0 spiro atoms. The lowest BCUT2D eigenvalue weighted by Crippen LogP contribution is -2.38. The van der Waals surface area contributed by atoms with Gasteiger partial charge in [-0.15, -0.1) is 0 Å². The van der Waals surface area contributed by atoms with Crippen LogP contribution in [0, 0.1) is 0 Å². The molecule has 0 unspecified atom stereocenters. The molecule has 1 aliphatic rings. The van der Waals surface area contributed by atoms with Crippen molar-refractivity contribution < 1.29 is 14.3 Å². The summed E-state index contributed by atoms with van der Waals surface area (Å²) in [5.41, 5.74) is 3.75. The number of aromatic nitrogens is 1. The highest BCUT2D eigenvalue weighted by molar-refractivity contribution is 5.80. The summed E-state index contributed by atoms with van der Waals surface area (Å²) in [6, 6.07) is 14.5. The Morgan fingerprint density at radius 1 is 1.03 bits per heavy atom. The number of aryl methyl sites for hydroxylation is 1. The van der Waals surface area contributed by atoms with Gasteiger partial charge in [0.15, 0.2) is 11.5 Å². The summed E-state index contributed by atoms with van der Waals surface area (Å²) < 4.78 is 13.0. The molecular formula is C24H29N3O3. The Kier molecular flexibility index (Phi) is 6.23. The van der Waals surface area contributed by atoms with Crippen LogP contribution < -0.4 is 14.8 Å². The van der Waals surface area contributed by atoms with Crippen LogP contribution in [0.15, 0.2) is 48.7 Å². The first-order valence-corrected chi connectivity index (χ1v) is 10.4. The third kappa shape index (κ3) is 4.44. The zero-order valence-electron chi connectivity index (χ0n) is 17.7. The molecular weight excluding hydrogens is 378 g/mol. The Morgan fingerprint density at radius 2 is 1.80 bits per heavy atom. The number of rotatable bonds is 8.